The van der Waals surface area contributed by atoms with E-state index in [1.807, 2.05) is 35.2 Å². The van der Waals surface area contributed by atoms with Crippen molar-refractivity contribution in [2.75, 3.05) is 6.54 Å². The number of nitrogens with zero attached hydrogens (tertiary/aromatic N) is 1. The molecule has 3 nitrogen and oxygen atoms in total. The molecule has 2 aliphatic rings. The van der Waals surface area contributed by atoms with E-state index in [4.69, 9.17) is 0 Å². The average molecular weight is 259 g/mol. The van der Waals surface area contributed by atoms with Crippen LogP contribution in [0.25, 0.3) is 0 Å². The molecule has 0 spiro atoms. The predicted molar refractivity (Wildman–Crippen MR) is 73.8 cm³/mol. The number of carbonyl (C=O) groups is 1. The monoisotopic (exact) mass is 259 g/mol. The molecule has 3 heteroatoms. The molecule has 1 aliphatic heterocycles. The molecule has 1 aromatic rings. The summed E-state index contributed by atoms with van der Waals surface area (Å²) in [6.07, 6.45) is 4.78. The second-order valence-corrected chi connectivity index (χ2v) is 5.80. The maximum atomic E-state index is 12.6. The highest BCUT2D eigenvalue weighted by atomic mass is 16.3. The van der Waals surface area contributed by atoms with Crippen molar-refractivity contribution < 1.29 is 9.90 Å². The maximum Gasteiger partial charge on any atom is 0.254 e. The fourth-order valence-corrected chi connectivity index (χ4v) is 3.59. The second-order valence-electron chi connectivity index (χ2n) is 5.80. The normalized spacial score (nSPS) is 30.8. The summed E-state index contributed by atoms with van der Waals surface area (Å²) in [5, 5.41) is 9.88. The smallest absolute Gasteiger partial charge is 0.254 e. The van der Waals surface area contributed by atoms with E-state index < -0.39 is 0 Å². The highest BCUT2D eigenvalue weighted by Crippen LogP contribution is 2.36. The van der Waals surface area contributed by atoms with E-state index in [1.54, 1.807) is 0 Å². The van der Waals surface area contributed by atoms with Crippen LogP contribution >= 0.6 is 0 Å². The molecule has 0 unspecified atom stereocenters. The lowest BCUT2D eigenvalue weighted by molar-refractivity contribution is 0.00569. The summed E-state index contributed by atoms with van der Waals surface area (Å²) in [5.41, 5.74) is 0.767. The summed E-state index contributed by atoms with van der Waals surface area (Å²) in [6.45, 7) is 0.835. The van der Waals surface area contributed by atoms with Crippen molar-refractivity contribution in [1.29, 1.82) is 0 Å². The number of hydrogen-bond acceptors (Lipinski definition) is 2. The first-order valence-electron chi connectivity index (χ1n) is 7.30. The van der Waals surface area contributed by atoms with E-state index in [-0.39, 0.29) is 18.1 Å². The Bertz CT molecular complexity index is 445. The van der Waals surface area contributed by atoms with Crippen LogP contribution in [-0.2, 0) is 0 Å². The molecule has 3 rings (SSSR count). The van der Waals surface area contributed by atoms with Gasteiger partial charge >= 0.3 is 0 Å². The number of rotatable bonds is 1. The van der Waals surface area contributed by atoms with Gasteiger partial charge in [-0.3, -0.25) is 4.79 Å². The fraction of sp³-hybridized carbons (Fsp3) is 0.562. The van der Waals surface area contributed by atoms with Gasteiger partial charge in [-0.15, -0.1) is 0 Å². The zero-order valence-corrected chi connectivity index (χ0v) is 11.2. The van der Waals surface area contributed by atoms with Crippen molar-refractivity contribution in [3.63, 3.8) is 0 Å². The van der Waals surface area contributed by atoms with Gasteiger partial charge in [-0.1, -0.05) is 18.2 Å². The van der Waals surface area contributed by atoms with Crippen LogP contribution < -0.4 is 0 Å². The van der Waals surface area contributed by atoms with Crippen molar-refractivity contribution in [2.24, 2.45) is 5.92 Å². The molecular formula is C16H21NO2. The third-order valence-electron chi connectivity index (χ3n) is 4.58. The van der Waals surface area contributed by atoms with Crippen LogP contribution in [0.1, 0.15) is 42.5 Å². The lowest BCUT2D eigenvalue weighted by atomic mass is 9.77. The quantitative estimate of drug-likeness (QED) is 0.841. The summed E-state index contributed by atoms with van der Waals surface area (Å²) >= 11 is 0. The van der Waals surface area contributed by atoms with E-state index in [0.717, 1.165) is 37.8 Å². The third-order valence-corrected chi connectivity index (χ3v) is 4.58. The Labute approximate surface area is 114 Å². The van der Waals surface area contributed by atoms with Crippen molar-refractivity contribution in [2.45, 2.75) is 44.2 Å². The lowest BCUT2D eigenvalue weighted by Gasteiger charge is -2.45. The molecule has 1 aliphatic carbocycles. The van der Waals surface area contributed by atoms with Crippen molar-refractivity contribution >= 4 is 5.91 Å². The molecule has 1 saturated heterocycles. The Balaban J connectivity index is 1.80. The van der Waals surface area contributed by atoms with Crippen molar-refractivity contribution in [1.82, 2.24) is 4.90 Å². The van der Waals surface area contributed by atoms with Crippen LogP contribution in [0.5, 0.6) is 0 Å². The van der Waals surface area contributed by atoms with E-state index in [1.165, 1.54) is 6.42 Å². The Morgan fingerprint density at radius 1 is 1.16 bits per heavy atom. The Morgan fingerprint density at radius 3 is 2.74 bits per heavy atom. The highest BCUT2D eigenvalue weighted by Gasteiger charge is 2.38. The number of aliphatic hydroxyl groups excluding tert-OH is 1. The van der Waals surface area contributed by atoms with Gasteiger partial charge in [-0.25, -0.2) is 0 Å². The standard InChI is InChI=1S/C16H21NO2/c18-14-9-8-12-7-4-10-17(15(12)11-14)16(19)13-5-2-1-3-6-13/h1-3,5-6,12,14-15,18H,4,7-11H2/t12-,14-,15+/m0/s1. The molecule has 1 saturated carbocycles. The highest BCUT2D eigenvalue weighted by molar-refractivity contribution is 5.94. The van der Waals surface area contributed by atoms with E-state index in [2.05, 4.69) is 0 Å². The SMILES string of the molecule is O=C(c1ccccc1)N1CCC[C@H]2CC[C@H](O)C[C@H]21. The van der Waals surface area contributed by atoms with Gasteiger partial charge in [0, 0.05) is 18.2 Å². The third kappa shape index (κ3) is 2.52. The molecular weight excluding hydrogens is 238 g/mol. The molecule has 0 bridgehead atoms. The second kappa shape index (κ2) is 5.33. The van der Waals surface area contributed by atoms with Crippen LogP contribution in [0.2, 0.25) is 0 Å². The summed E-state index contributed by atoms with van der Waals surface area (Å²) < 4.78 is 0. The Hall–Kier alpha value is -1.35. The number of piperidine rings is 1. The minimum atomic E-state index is -0.231. The Morgan fingerprint density at radius 2 is 1.95 bits per heavy atom. The van der Waals surface area contributed by atoms with Gasteiger partial charge in [0.1, 0.15) is 0 Å². The van der Waals surface area contributed by atoms with Gasteiger partial charge in [0.2, 0.25) is 0 Å². The molecule has 2 fully saturated rings. The van der Waals surface area contributed by atoms with Gasteiger partial charge in [-0.2, -0.15) is 0 Å². The number of benzene rings is 1. The molecule has 1 N–H and O–H groups in total. The number of amides is 1. The first-order valence-corrected chi connectivity index (χ1v) is 7.30. The van der Waals surface area contributed by atoms with Crippen LogP contribution in [0, 0.1) is 5.92 Å². The Kier molecular flexibility index (Phi) is 3.56. The first kappa shape index (κ1) is 12.7. The molecule has 19 heavy (non-hydrogen) atoms. The number of hydrogen-bond donors (Lipinski definition) is 1. The van der Waals surface area contributed by atoms with Crippen LogP contribution in [0.3, 0.4) is 0 Å². The van der Waals surface area contributed by atoms with E-state index in [0.29, 0.717) is 5.92 Å². The van der Waals surface area contributed by atoms with Crippen LogP contribution in [-0.4, -0.2) is 34.6 Å². The summed E-state index contributed by atoms with van der Waals surface area (Å²) in [4.78, 5) is 14.6. The summed E-state index contributed by atoms with van der Waals surface area (Å²) in [5.74, 6) is 0.717. The van der Waals surface area contributed by atoms with Gasteiger partial charge in [0.05, 0.1) is 6.10 Å². The molecule has 1 amide bonds. The minimum absolute atomic E-state index is 0.129. The minimum Gasteiger partial charge on any atom is -0.393 e. The molecule has 0 radical (unpaired) electrons. The van der Waals surface area contributed by atoms with Crippen LogP contribution in [0.15, 0.2) is 30.3 Å². The van der Waals surface area contributed by atoms with E-state index >= 15 is 0 Å². The summed E-state index contributed by atoms with van der Waals surface area (Å²) in [7, 11) is 0. The van der Waals surface area contributed by atoms with Gasteiger partial charge in [-0.05, 0) is 50.2 Å². The van der Waals surface area contributed by atoms with Crippen molar-refractivity contribution in [3.8, 4) is 0 Å². The molecule has 1 aromatic carbocycles. The lowest BCUT2D eigenvalue weighted by Crippen LogP contribution is -2.51. The maximum absolute atomic E-state index is 12.6. The zero-order chi connectivity index (χ0) is 13.2. The fourth-order valence-electron chi connectivity index (χ4n) is 3.59. The molecule has 102 valence electrons. The topological polar surface area (TPSA) is 40.5 Å². The number of likely N-dealkylation sites (tertiary alicyclic amines) is 1. The van der Waals surface area contributed by atoms with Crippen LogP contribution in [0.4, 0.5) is 0 Å². The van der Waals surface area contributed by atoms with E-state index in [9.17, 15) is 9.90 Å². The van der Waals surface area contributed by atoms with Crippen molar-refractivity contribution in [3.05, 3.63) is 35.9 Å². The molecule has 1 heterocycles. The van der Waals surface area contributed by atoms with Gasteiger partial charge in [0.15, 0.2) is 0 Å². The number of fused-ring (bicyclic) bond motifs is 1. The number of aliphatic hydroxyl groups is 1. The largest absolute Gasteiger partial charge is 0.393 e. The zero-order valence-electron chi connectivity index (χ0n) is 11.2. The molecule has 3 atom stereocenters. The average Bonchev–Trinajstić information content (AvgIpc) is 2.47. The van der Waals surface area contributed by atoms with Gasteiger partial charge in [0.25, 0.3) is 5.91 Å². The van der Waals surface area contributed by atoms with Gasteiger partial charge < -0.3 is 10.0 Å². The number of carbonyl (C=O) groups excluding carboxylic acids is 1. The first-order chi connectivity index (χ1) is 9.25. The summed E-state index contributed by atoms with van der Waals surface area (Å²) in [6, 6.07) is 9.75. The molecule has 0 aromatic heterocycles. The predicted octanol–water partition coefficient (Wildman–Crippen LogP) is 2.45.